The first-order valence-electron chi connectivity index (χ1n) is 5.55. The second-order valence-corrected chi connectivity index (χ2v) is 4.31. The molecule has 0 aromatic heterocycles. The van der Waals surface area contributed by atoms with Gasteiger partial charge in [0.15, 0.2) is 0 Å². The predicted molar refractivity (Wildman–Crippen MR) is 77.5 cm³/mol. The molecule has 0 saturated carbocycles. The summed E-state index contributed by atoms with van der Waals surface area (Å²) in [5, 5.41) is 0.0719. The number of nitrogens with two attached hydrogens (primary N) is 1. The quantitative estimate of drug-likeness (QED) is 0.927. The molecule has 2 rings (SSSR count). The summed E-state index contributed by atoms with van der Waals surface area (Å²) in [4.78, 5) is 0. The van der Waals surface area contributed by atoms with Gasteiger partial charge in [0, 0.05) is 0 Å². The van der Waals surface area contributed by atoms with Gasteiger partial charge in [-0.25, -0.2) is 4.39 Å². The second kappa shape index (κ2) is 7.34. The molecule has 2 aromatic carbocycles. The van der Waals surface area contributed by atoms with Crippen LogP contribution < -0.4 is 10.5 Å². The van der Waals surface area contributed by atoms with Crippen molar-refractivity contribution in [1.82, 2.24) is 0 Å². The molecule has 0 aliphatic carbocycles. The largest absolute Gasteiger partial charge is 0.492 e. The number of ether oxygens (including phenoxy) is 1. The van der Waals surface area contributed by atoms with Gasteiger partial charge in [0.1, 0.15) is 18.2 Å². The molecule has 0 spiro atoms. The van der Waals surface area contributed by atoms with Crippen LogP contribution in [-0.4, -0.2) is 6.61 Å². The third-order valence-electron chi connectivity index (χ3n) is 2.54. The van der Waals surface area contributed by atoms with Crippen LogP contribution in [-0.2, 0) is 0 Å². The van der Waals surface area contributed by atoms with Crippen LogP contribution in [0.2, 0.25) is 5.02 Å². The Bertz CT molecular complexity index is 522. The maximum atomic E-state index is 13.0. The molecular formula is C14H14Cl2FNO. The van der Waals surface area contributed by atoms with Gasteiger partial charge in [-0.3, -0.25) is 0 Å². The monoisotopic (exact) mass is 301 g/mol. The number of benzene rings is 2. The first-order chi connectivity index (χ1) is 8.66. The highest BCUT2D eigenvalue weighted by atomic mass is 35.5. The molecule has 5 heteroatoms. The maximum absolute atomic E-state index is 13.0. The third kappa shape index (κ3) is 4.39. The van der Waals surface area contributed by atoms with E-state index < -0.39 is 5.82 Å². The fraction of sp³-hybridized carbons (Fsp3) is 0.143. The fourth-order valence-electron chi connectivity index (χ4n) is 1.54. The highest BCUT2D eigenvalue weighted by Gasteiger charge is 2.09. The normalized spacial score (nSPS) is 11.5. The van der Waals surface area contributed by atoms with E-state index in [2.05, 4.69) is 0 Å². The van der Waals surface area contributed by atoms with E-state index in [1.165, 1.54) is 12.1 Å². The smallest absolute Gasteiger partial charge is 0.141 e. The Balaban J connectivity index is 0.00000180. The lowest BCUT2D eigenvalue weighted by molar-refractivity contribution is 0.290. The van der Waals surface area contributed by atoms with Gasteiger partial charge in [-0.2, -0.15) is 0 Å². The molecule has 102 valence electrons. The molecule has 0 aliphatic rings. The molecule has 1 atom stereocenters. The molecule has 0 radical (unpaired) electrons. The Hall–Kier alpha value is -1.29. The van der Waals surface area contributed by atoms with Crippen molar-refractivity contribution in [1.29, 1.82) is 0 Å². The zero-order valence-electron chi connectivity index (χ0n) is 10.1. The Morgan fingerprint density at radius 2 is 1.84 bits per heavy atom. The fourth-order valence-corrected chi connectivity index (χ4v) is 1.73. The average molecular weight is 302 g/mol. The van der Waals surface area contributed by atoms with Crippen LogP contribution >= 0.6 is 24.0 Å². The van der Waals surface area contributed by atoms with E-state index in [-0.39, 0.29) is 23.5 Å². The van der Waals surface area contributed by atoms with Crippen molar-refractivity contribution in [3.63, 3.8) is 0 Å². The molecular weight excluding hydrogens is 288 g/mol. The standard InChI is InChI=1S/C14H13ClFNO.ClH/c15-12-8-10(6-7-13(12)16)14(17)9-18-11-4-2-1-3-5-11;/h1-8,14H,9,17H2;1H. The predicted octanol–water partition coefficient (Wildman–Crippen LogP) is 3.98. The van der Waals surface area contributed by atoms with E-state index >= 15 is 0 Å². The van der Waals surface area contributed by atoms with Crippen LogP contribution in [0.3, 0.4) is 0 Å². The highest BCUT2D eigenvalue weighted by molar-refractivity contribution is 6.30. The number of para-hydroxylation sites is 1. The summed E-state index contributed by atoms with van der Waals surface area (Å²) < 4.78 is 18.5. The Morgan fingerprint density at radius 1 is 1.16 bits per heavy atom. The average Bonchev–Trinajstić information content (AvgIpc) is 2.40. The minimum Gasteiger partial charge on any atom is -0.492 e. The van der Waals surface area contributed by atoms with Gasteiger partial charge < -0.3 is 10.5 Å². The van der Waals surface area contributed by atoms with Crippen LogP contribution in [0, 0.1) is 5.82 Å². The molecule has 0 bridgehead atoms. The molecule has 0 saturated heterocycles. The van der Waals surface area contributed by atoms with Gasteiger partial charge in [0.05, 0.1) is 11.1 Å². The van der Waals surface area contributed by atoms with Crippen molar-refractivity contribution in [3.05, 3.63) is 64.9 Å². The lowest BCUT2D eigenvalue weighted by Crippen LogP contribution is -2.19. The summed E-state index contributed by atoms with van der Waals surface area (Å²) in [7, 11) is 0. The van der Waals surface area contributed by atoms with Crippen LogP contribution in [0.15, 0.2) is 48.5 Å². The lowest BCUT2D eigenvalue weighted by atomic mass is 10.1. The summed E-state index contributed by atoms with van der Waals surface area (Å²) in [6.45, 7) is 0.311. The number of rotatable bonds is 4. The summed E-state index contributed by atoms with van der Waals surface area (Å²) in [5.74, 6) is 0.303. The molecule has 0 heterocycles. The Morgan fingerprint density at radius 3 is 2.47 bits per heavy atom. The van der Waals surface area contributed by atoms with Gasteiger partial charge >= 0.3 is 0 Å². The Kier molecular flexibility index (Phi) is 6.09. The van der Waals surface area contributed by atoms with Crippen molar-refractivity contribution in [2.75, 3.05) is 6.61 Å². The van der Waals surface area contributed by atoms with E-state index in [9.17, 15) is 4.39 Å². The van der Waals surface area contributed by atoms with Gasteiger partial charge in [-0.15, -0.1) is 12.4 Å². The molecule has 19 heavy (non-hydrogen) atoms. The van der Waals surface area contributed by atoms with E-state index in [0.29, 0.717) is 6.61 Å². The number of hydrogen-bond acceptors (Lipinski definition) is 2. The summed E-state index contributed by atoms with van der Waals surface area (Å²) in [5.41, 5.74) is 6.70. The number of halogens is 3. The van der Waals surface area contributed by atoms with E-state index in [1.54, 1.807) is 6.07 Å². The SMILES string of the molecule is Cl.NC(COc1ccccc1)c1ccc(F)c(Cl)c1. The molecule has 1 unspecified atom stereocenters. The van der Waals surface area contributed by atoms with Crippen LogP contribution in [0.25, 0.3) is 0 Å². The molecule has 0 fully saturated rings. The van der Waals surface area contributed by atoms with Crippen molar-refractivity contribution >= 4 is 24.0 Å². The van der Waals surface area contributed by atoms with E-state index in [4.69, 9.17) is 22.1 Å². The third-order valence-corrected chi connectivity index (χ3v) is 2.83. The summed E-state index contributed by atoms with van der Waals surface area (Å²) in [6.07, 6.45) is 0. The molecule has 2 nitrogen and oxygen atoms in total. The highest BCUT2D eigenvalue weighted by Crippen LogP contribution is 2.20. The van der Waals surface area contributed by atoms with Crippen LogP contribution in [0.4, 0.5) is 4.39 Å². The zero-order valence-corrected chi connectivity index (χ0v) is 11.6. The van der Waals surface area contributed by atoms with Crippen LogP contribution in [0.1, 0.15) is 11.6 Å². The van der Waals surface area contributed by atoms with Crippen molar-refractivity contribution in [2.24, 2.45) is 5.73 Å². The topological polar surface area (TPSA) is 35.2 Å². The second-order valence-electron chi connectivity index (χ2n) is 3.90. The minimum atomic E-state index is -0.448. The van der Waals surface area contributed by atoms with Gasteiger partial charge in [-0.1, -0.05) is 35.9 Å². The van der Waals surface area contributed by atoms with Gasteiger partial charge in [0.2, 0.25) is 0 Å². The van der Waals surface area contributed by atoms with E-state index in [1.807, 2.05) is 30.3 Å². The summed E-state index contributed by atoms with van der Waals surface area (Å²) >= 11 is 5.70. The van der Waals surface area contributed by atoms with Crippen molar-refractivity contribution in [2.45, 2.75) is 6.04 Å². The first-order valence-corrected chi connectivity index (χ1v) is 5.93. The van der Waals surface area contributed by atoms with E-state index in [0.717, 1.165) is 11.3 Å². The molecule has 0 aliphatic heterocycles. The van der Waals surface area contributed by atoms with Gasteiger partial charge in [0.25, 0.3) is 0 Å². The molecule has 0 amide bonds. The molecule has 2 N–H and O–H groups in total. The first kappa shape index (κ1) is 15.8. The number of hydrogen-bond donors (Lipinski definition) is 1. The van der Waals surface area contributed by atoms with Crippen molar-refractivity contribution < 1.29 is 9.13 Å². The lowest BCUT2D eigenvalue weighted by Gasteiger charge is -2.14. The zero-order chi connectivity index (χ0) is 13.0. The minimum absolute atomic E-state index is 0. The molecule has 2 aromatic rings. The summed E-state index contributed by atoms with van der Waals surface area (Å²) in [6, 6.07) is 13.5. The van der Waals surface area contributed by atoms with Crippen molar-refractivity contribution in [3.8, 4) is 5.75 Å². The maximum Gasteiger partial charge on any atom is 0.141 e. The van der Waals surface area contributed by atoms with Gasteiger partial charge in [-0.05, 0) is 29.8 Å². The Labute approximate surface area is 122 Å². The van der Waals surface area contributed by atoms with Crippen LogP contribution in [0.5, 0.6) is 5.75 Å².